The fourth-order valence-corrected chi connectivity index (χ4v) is 3.05. The second kappa shape index (κ2) is 9.20. The molecule has 1 heterocycles. The van der Waals surface area contributed by atoms with Gasteiger partial charge in [0, 0.05) is 6.54 Å². The molecule has 28 heavy (non-hydrogen) atoms. The summed E-state index contributed by atoms with van der Waals surface area (Å²) in [7, 11) is 0. The van der Waals surface area contributed by atoms with Crippen molar-refractivity contribution < 1.29 is 19.5 Å². The molecule has 0 saturated carbocycles. The van der Waals surface area contributed by atoms with E-state index in [1.807, 2.05) is 32.9 Å². The number of amides is 2. The molecular formula is C19H26N4O5. The van der Waals surface area contributed by atoms with Crippen LogP contribution in [0.5, 0.6) is 0 Å². The van der Waals surface area contributed by atoms with Crippen molar-refractivity contribution in [1.29, 1.82) is 0 Å². The maximum atomic E-state index is 12.5. The molecule has 152 valence electrons. The minimum absolute atomic E-state index is 0.0961. The number of rotatable bonds is 9. The fourth-order valence-electron chi connectivity index (χ4n) is 3.05. The number of nitrogens with one attached hydrogen (secondary N) is 2. The number of carboxylic acids is 1. The molecule has 0 radical (unpaired) electrons. The van der Waals surface area contributed by atoms with Crippen molar-refractivity contribution in [3.63, 3.8) is 0 Å². The van der Waals surface area contributed by atoms with Gasteiger partial charge in [0.1, 0.15) is 12.6 Å². The van der Waals surface area contributed by atoms with Crippen molar-refractivity contribution in [1.82, 2.24) is 19.8 Å². The molecule has 1 atom stereocenters. The van der Waals surface area contributed by atoms with Crippen molar-refractivity contribution in [2.24, 2.45) is 5.92 Å². The van der Waals surface area contributed by atoms with Gasteiger partial charge < -0.3 is 15.7 Å². The lowest BCUT2D eigenvalue weighted by Crippen LogP contribution is -2.46. The molecule has 2 aromatic rings. The molecule has 9 heteroatoms. The highest BCUT2D eigenvalue weighted by Gasteiger charge is 2.21. The Morgan fingerprint density at radius 1 is 1.07 bits per heavy atom. The Balaban J connectivity index is 2.01. The standard InChI is InChI=1S/C19H26N4O5/c1-4-22-14-7-5-6-8-15(14)23(19(22)28)11-17(25)20-10-16(24)21-13(18(26)27)9-12(2)3/h5-8,12-13H,4,9-11H2,1-3H3,(H,20,25)(H,21,24)(H,26,27)/t13-/m0/s1. The van der Waals surface area contributed by atoms with Gasteiger partial charge in [-0.1, -0.05) is 26.0 Å². The normalized spacial score (nSPS) is 12.1. The van der Waals surface area contributed by atoms with Crippen molar-refractivity contribution in [2.45, 2.75) is 46.3 Å². The van der Waals surface area contributed by atoms with Gasteiger partial charge in [0.05, 0.1) is 17.6 Å². The predicted octanol–water partition coefficient (Wildman–Crippen LogP) is 0.555. The highest BCUT2D eigenvalue weighted by atomic mass is 16.4. The molecule has 0 fully saturated rings. The molecule has 0 unspecified atom stereocenters. The van der Waals surface area contributed by atoms with Crippen molar-refractivity contribution in [3.8, 4) is 0 Å². The van der Waals surface area contributed by atoms with Crippen LogP contribution in [-0.2, 0) is 27.5 Å². The number of imidazole rings is 1. The van der Waals surface area contributed by atoms with Crippen LogP contribution in [0, 0.1) is 5.92 Å². The molecule has 0 saturated heterocycles. The summed E-state index contributed by atoms with van der Waals surface area (Å²) in [4.78, 5) is 47.9. The van der Waals surface area contributed by atoms with Gasteiger partial charge in [-0.15, -0.1) is 0 Å². The first-order chi connectivity index (χ1) is 13.2. The van der Waals surface area contributed by atoms with E-state index in [4.69, 9.17) is 5.11 Å². The second-order valence-electron chi connectivity index (χ2n) is 6.97. The zero-order valence-electron chi connectivity index (χ0n) is 16.3. The molecule has 0 bridgehead atoms. The van der Waals surface area contributed by atoms with Gasteiger partial charge in [0.2, 0.25) is 11.8 Å². The Labute approximate surface area is 162 Å². The van der Waals surface area contributed by atoms with Gasteiger partial charge in [0.15, 0.2) is 0 Å². The average molecular weight is 390 g/mol. The largest absolute Gasteiger partial charge is 0.480 e. The van der Waals surface area contributed by atoms with Crippen LogP contribution < -0.4 is 16.3 Å². The third-order valence-corrected chi connectivity index (χ3v) is 4.33. The first-order valence-corrected chi connectivity index (χ1v) is 9.21. The Morgan fingerprint density at radius 2 is 1.68 bits per heavy atom. The van der Waals surface area contributed by atoms with Gasteiger partial charge in [0.25, 0.3) is 0 Å². The number of hydrogen-bond donors (Lipinski definition) is 3. The molecule has 2 rings (SSSR count). The van der Waals surface area contributed by atoms with Gasteiger partial charge in [-0.2, -0.15) is 0 Å². The second-order valence-corrected chi connectivity index (χ2v) is 6.97. The molecule has 1 aromatic heterocycles. The number of hydrogen-bond acceptors (Lipinski definition) is 4. The molecule has 1 aromatic carbocycles. The number of aromatic nitrogens is 2. The lowest BCUT2D eigenvalue weighted by molar-refractivity contribution is -0.142. The zero-order valence-corrected chi connectivity index (χ0v) is 16.3. The van der Waals surface area contributed by atoms with E-state index in [1.165, 1.54) is 4.57 Å². The summed E-state index contributed by atoms with van der Waals surface area (Å²) in [6.07, 6.45) is 0.293. The number of carbonyl (C=O) groups excluding carboxylic acids is 2. The topological polar surface area (TPSA) is 122 Å². The highest BCUT2D eigenvalue weighted by Crippen LogP contribution is 2.12. The summed E-state index contributed by atoms with van der Waals surface area (Å²) >= 11 is 0. The van der Waals surface area contributed by atoms with E-state index in [0.717, 1.165) is 5.52 Å². The number of aliphatic carboxylic acids is 1. The van der Waals surface area contributed by atoms with Crippen molar-refractivity contribution >= 4 is 28.8 Å². The number of aryl methyl sites for hydroxylation is 1. The molecule has 0 aliphatic rings. The highest BCUT2D eigenvalue weighted by molar-refractivity contribution is 5.88. The molecule has 2 amide bonds. The van der Waals surface area contributed by atoms with Gasteiger partial charge in [-0.3, -0.25) is 18.7 Å². The molecular weight excluding hydrogens is 364 g/mol. The number of carboxylic acid groups (broad SMARTS) is 1. The van der Waals surface area contributed by atoms with Crippen LogP contribution in [0.4, 0.5) is 0 Å². The quantitative estimate of drug-likeness (QED) is 0.577. The van der Waals surface area contributed by atoms with E-state index in [1.54, 1.807) is 16.7 Å². The minimum Gasteiger partial charge on any atom is -0.480 e. The van der Waals surface area contributed by atoms with Crippen LogP contribution in [0.2, 0.25) is 0 Å². The van der Waals surface area contributed by atoms with Gasteiger partial charge in [-0.25, -0.2) is 9.59 Å². The maximum Gasteiger partial charge on any atom is 0.329 e. The van der Waals surface area contributed by atoms with E-state index in [0.29, 0.717) is 18.5 Å². The lowest BCUT2D eigenvalue weighted by Gasteiger charge is -2.16. The number of para-hydroxylation sites is 2. The monoisotopic (exact) mass is 390 g/mol. The average Bonchev–Trinajstić information content (AvgIpc) is 2.90. The molecule has 0 aliphatic heterocycles. The van der Waals surface area contributed by atoms with E-state index in [9.17, 15) is 19.2 Å². The van der Waals surface area contributed by atoms with E-state index in [-0.39, 0.29) is 24.7 Å². The van der Waals surface area contributed by atoms with Crippen molar-refractivity contribution in [3.05, 3.63) is 34.7 Å². The molecule has 9 nitrogen and oxygen atoms in total. The van der Waals surface area contributed by atoms with Crippen molar-refractivity contribution in [2.75, 3.05) is 6.54 Å². The SMILES string of the molecule is CCn1c(=O)n(CC(=O)NCC(=O)N[C@@H](CC(C)C)C(=O)O)c2ccccc21. The van der Waals surface area contributed by atoms with Gasteiger partial charge in [-0.05, 0) is 31.4 Å². The smallest absolute Gasteiger partial charge is 0.329 e. The zero-order chi connectivity index (χ0) is 20.8. The Kier molecular flexibility index (Phi) is 6.97. The predicted molar refractivity (Wildman–Crippen MR) is 104 cm³/mol. The lowest BCUT2D eigenvalue weighted by atomic mass is 10.0. The van der Waals surface area contributed by atoms with E-state index in [2.05, 4.69) is 10.6 Å². The summed E-state index contributed by atoms with van der Waals surface area (Å²) in [5.41, 5.74) is 1.07. The van der Waals surface area contributed by atoms with Crippen LogP contribution in [-0.4, -0.2) is 44.6 Å². The summed E-state index contributed by atoms with van der Waals surface area (Å²) in [6, 6.07) is 6.16. The van der Waals surface area contributed by atoms with Crippen LogP contribution in [0.25, 0.3) is 11.0 Å². The van der Waals surface area contributed by atoms with Gasteiger partial charge >= 0.3 is 11.7 Å². The van der Waals surface area contributed by atoms with Crippen LogP contribution in [0.1, 0.15) is 27.2 Å². The van der Waals surface area contributed by atoms with E-state index < -0.39 is 23.8 Å². The number of fused-ring (bicyclic) bond motifs is 1. The fraction of sp³-hybridized carbons (Fsp3) is 0.474. The molecule has 3 N–H and O–H groups in total. The summed E-state index contributed by atoms with van der Waals surface area (Å²) < 4.78 is 2.92. The summed E-state index contributed by atoms with van der Waals surface area (Å²) in [6.45, 7) is 5.44. The number of carbonyl (C=O) groups is 3. The summed E-state index contributed by atoms with van der Waals surface area (Å²) in [5, 5.41) is 14.0. The molecule has 0 aliphatic carbocycles. The van der Waals surface area contributed by atoms with Crippen LogP contribution >= 0.6 is 0 Å². The Morgan fingerprint density at radius 3 is 2.21 bits per heavy atom. The first kappa shape index (κ1) is 21.2. The maximum absolute atomic E-state index is 12.5. The van der Waals surface area contributed by atoms with Crippen LogP contribution in [0.3, 0.4) is 0 Å². The number of nitrogens with zero attached hydrogens (tertiary/aromatic N) is 2. The number of benzene rings is 1. The Hall–Kier alpha value is -3.10. The first-order valence-electron chi connectivity index (χ1n) is 9.21. The molecule has 0 spiro atoms. The third kappa shape index (κ3) is 4.99. The minimum atomic E-state index is -1.12. The Bertz CT molecular complexity index is 928. The third-order valence-electron chi connectivity index (χ3n) is 4.33. The van der Waals surface area contributed by atoms with Crippen LogP contribution in [0.15, 0.2) is 29.1 Å². The summed E-state index contributed by atoms with van der Waals surface area (Å²) in [5.74, 6) is -2.12. The van der Waals surface area contributed by atoms with E-state index >= 15 is 0 Å².